The van der Waals surface area contributed by atoms with Crippen molar-refractivity contribution in [3.8, 4) is 0 Å². The SMILES string of the molecule is CNc1cccc(Cc2ccc([C@@H]3O[C@@H]4CC5[C@@H]6CCC7=CC(=O)C=C[C@]7(C)C6[C@@H](O)C[C@]5(C)[C@]4(C(=O)CO)O3)cc2)c1. The molecule has 2 aromatic rings. The maximum atomic E-state index is 13.8. The van der Waals surface area contributed by atoms with Crippen LogP contribution in [0.1, 0.15) is 62.5 Å². The van der Waals surface area contributed by atoms with Crippen LogP contribution >= 0.6 is 0 Å². The van der Waals surface area contributed by atoms with E-state index in [1.54, 1.807) is 12.2 Å². The lowest BCUT2D eigenvalue weighted by Crippen LogP contribution is -2.63. The summed E-state index contributed by atoms with van der Waals surface area (Å²) in [7, 11) is 1.91. The second-order valence-electron chi connectivity index (χ2n) is 13.7. The van der Waals surface area contributed by atoms with Crippen LogP contribution in [-0.2, 0) is 25.5 Å². The van der Waals surface area contributed by atoms with Gasteiger partial charge in [0.1, 0.15) is 6.61 Å². The molecule has 3 N–H and O–H groups in total. The number of carbonyl (C=O) groups excluding carboxylic acids is 2. The van der Waals surface area contributed by atoms with E-state index in [0.29, 0.717) is 12.8 Å². The molecule has 0 radical (unpaired) electrons. The number of fused-ring (bicyclic) bond motifs is 7. The molecule has 0 bridgehead atoms. The van der Waals surface area contributed by atoms with Crippen LogP contribution in [0.25, 0.3) is 0 Å². The number of aliphatic hydroxyl groups excluding tert-OH is 2. The summed E-state index contributed by atoms with van der Waals surface area (Å²) in [5.41, 5.74) is 2.90. The first-order chi connectivity index (χ1) is 20.6. The Balaban J connectivity index is 1.16. The molecule has 4 aliphatic carbocycles. The van der Waals surface area contributed by atoms with E-state index in [1.165, 1.54) is 5.56 Å². The van der Waals surface area contributed by atoms with Gasteiger partial charge in [-0.25, -0.2) is 0 Å². The van der Waals surface area contributed by atoms with E-state index in [0.717, 1.165) is 41.6 Å². The maximum absolute atomic E-state index is 13.8. The Bertz CT molecular complexity index is 1510. The minimum absolute atomic E-state index is 0.00725. The number of allylic oxidation sites excluding steroid dienone is 4. The Morgan fingerprint density at radius 3 is 2.65 bits per heavy atom. The molecule has 0 spiro atoms. The van der Waals surface area contributed by atoms with Gasteiger partial charge >= 0.3 is 0 Å². The molecule has 2 aromatic carbocycles. The number of benzene rings is 2. The first-order valence-electron chi connectivity index (χ1n) is 15.6. The van der Waals surface area contributed by atoms with E-state index < -0.39 is 41.5 Å². The van der Waals surface area contributed by atoms with Crippen molar-refractivity contribution in [2.24, 2.45) is 28.6 Å². The van der Waals surface area contributed by atoms with Crippen molar-refractivity contribution in [1.29, 1.82) is 0 Å². The van der Waals surface area contributed by atoms with E-state index >= 15 is 0 Å². The maximum Gasteiger partial charge on any atom is 0.193 e. The highest BCUT2D eigenvalue weighted by Gasteiger charge is 2.75. The van der Waals surface area contributed by atoms with Gasteiger partial charge in [-0.2, -0.15) is 0 Å². The molecule has 4 fully saturated rings. The first kappa shape index (κ1) is 28.7. The molecule has 2 unspecified atom stereocenters. The molecule has 1 aliphatic heterocycles. The minimum Gasteiger partial charge on any atom is -0.393 e. The summed E-state index contributed by atoms with van der Waals surface area (Å²) in [6.45, 7) is 3.56. The largest absolute Gasteiger partial charge is 0.393 e. The summed E-state index contributed by atoms with van der Waals surface area (Å²) in [6, 6.07) is 16.5. The lowest BCUT2D eigenvalue weighted by Gasteiger charge is -2.59. The van der Waals surface area contributed by atoms with Crippen LogP contribution in [0, 0.1) is 28.6 Å². The van der Waals surface area contributed by atoms with Gasteiger partial charge in [0.2, 0.25) is 0 Å². The molecule has 43 heavy (non-hydrogen) atoms. The second kappa shape index (κ2) is 10.2. The number of aliphatic hydroxyl groups is 2. The number of hydrogen-bond acceptors (Lipinski definition) is 7. The minimum atomic E-state index is -1.34. The Kier molecular flexibility index (Phi) is 6.82. The van der Waals surface area contributed by atoms with Crippen molar-refractivity contribution in [1.82, 2.24) is 0 Å². The van der Waals surface area contributed by atoms with Gasteiger partial charge in [-0.15, -0.1) is 0 Å². The third-order valence-electron chi connectivity index (χ3n) is 11.7. The predicted molar refractivity (Wildman–Crippen MR) is 162 cm³/mol. The zero-order valence-electron chi connectivity index (χ0n) is 25.1. The molecule has 226 valence electrons. The predicted octanol–water partition coefficient (Wildman–Crippen LogP) is 4.92. The number of hydrogen-bond donors (Lipinski definition) is 3. The number of carbonyl (C=O) groups is 2. The Morgan fingerprint density at radius 2 is 1.91 bits per heavy atom. The molecule has 5 aliphatic rings. The van der Waals surface area contributed by atoms with Gasteiger partial charge in [0, 0.05) is 35.0 Å². The van der Waals surface area contributed by atoms with E-state index in [2.05, 4.69) is 43.4 Å². The number of anilines is 1. The quantitative estimate of drug-likeness (QED) is 0.443. The second-order valence-corrected chi connectivity index (χ2v) is 13.7. The fourth-order valence-corrected chi connectivity index (χ4v) is 9.70. The van der Waals surface area contributed by atoms with Crippen molar-refractivity contribution >= 4 is 17.3 Å². The molecule has 3 saturated carbocycles. The fraction of sp³-hybridized carbons (Fsp3) is 0.500. The highest BCUT2D eigenvalue weighted by molar-refractivity contribution is 6.01. The van der Waals surface area contributed by atoms with Gasteiger partial charge in [0.05, 0.1) is 12.2 Å². The molecular formula is C36H41NO6. The highest BCUT2D eigenvalue weighted by atomic mass is 16.7. The molecular weight excluding hydrogens is 542 g/mol. The average molecular weight is 584 g/mol. The van der Waals surface area contributed by atoms with Crippen molar-refractivity contribution in [3.05, 3.63) is 89.0 Å². The number of ketones is 2. The molecule has 1 heterocycles. The fourth-order valence-electron chi connectivity index (χ4n) is 9.70. The molecule has 0 amide bonds. The van der Waals surface area contributed by atoms with Crippen molar-refractivity contribution < 1.29 is 29.3 Å². The van der Waals surface area contributed by atoms with Gasteiger partial charge in [0.25, 0.3) is 0 Å². The number of nitrogens with one attached hydrogen (secondary N) is 1. The van der Waals surface area contributed by atoms with E-state index in [4.69, 9.17) is 9.47 Å². The lowest BCUT2D eigenvalue weighted by molar-refractivity contribution is -0.201. The third-order valence-corrected chi connectivity index (χ3v) is 11.7. The van der Waals surface area contributed by atoms with Gasteiger partial charge in [0.15, 0.2) is 23.5 Å². The van der Waals surface area contributed by atoms with E-state index in [9.17, 15) is 19.8 Å². The number of ether oxygens (including phenoxy) is 2. The molecule has 1 saturated heterocycles. The summed E-state index contributed by atoms with van der Waals surface area (Å²) >= 11 is 0. The Hall–Kier alpha value is -3.10. The van der Waals surface area contributed by atoms with Gasteiger partial charge < -0.3 is 25.0 Å². The Labute approximate surface area is 253 Å². The van der Waals surface area contributed by atoms with Crippen LogP contribution < -0.4 is 5.32 Å². The normalized spacial score (nSPS) is 39.4. The molecule has 7 rings (SSSR count). The number of rotatable bonds is 6. The summed E-state index contributed by atoms with van der Waals surface area (Å²) < 4.78 is 13.3. The molecule has 7 heteroatoms. The van der Waals surface area contributed by atoms with Crippen LogP contribution in [0.5, 0.6) is 0 Å². The lowest BCUT2D eigenvalue weighted by atomic mass is 9.46. The van der Waals surface area contributed by atoms with Crippen LogP contribution in [0.4, 0.5) is 5.69 Å². The molecule has 7 nitrogen and oxygen atoms in total. The molecule has 0 aromatic heterocycles. The van der Waals surface area contributed by atoms with Crippen LogP contribution in [-0.4, -0.2) is 53.2 Å². The zero-order valence-corrected chi connectivity index (χ0v) is 25.1. The van der Waals surface area contributed by atoms with Gasteiger partial charge in [-0.05, 0) is 79.4 Å². The molecule has 9 atom stereocenters. The monoisotopic (exact) mass is 583 g/mol. The summed E-state index contributed by atoms with van der Waals surface area (Å²) in [4.78, 5) is 25.9. The number of Topliss-reactive ketones (excluding diaryl/α,β-unsaturated/α-hetero) is 1. The van der Waals surface area contributed by atoms with Gasteiger partial charge in [-0.3, -0.25) is 9.59 Å². The van der Waals surface area contributed by atoms with Crippen LogP contribution in [0.3, 0.4) is 0 Å². The van der Waals surface area contributed by atoms with E-state index in [1.807, 2.05) is 37.4 Å². The first-order valence-corrected chi connectivity index (χ1v) is 15.6. The summed E-state index contributed by atoms with van der Waals surface area (Å²) in [6.07, 6.45) is 6.83. The van der Waals surface area contributed by atoms with Crippen molar-refractivity contribution in [3.63, 3.8) is 0 Å². The Morgan fingerprint density at radius 1 is 1.12 bits per heavy atom. The van der Waals surface area contributed by atoms with Gasteiger partial charge in [-0.1, -0.05) is 61.9 Å². The third kappa shape index (κ3) is 4.16. The average Bonchev–Trinajstić information content (AvgIpc) is 3.50. The van der Waals surface area contributed by atoms with E-state index in [-0.39, 0.29) is 29.3 Å². The smallest absolute Gasteiger partial charge is 0.193 e. The standard InChI is InChI=1S/C36H41NO6/c1-34-14-13-26(39)17-24(34)11-12-27-28-18-31-36(30(41)20-38,35(28,2)19-29(40)32(27)34)43-33(42-31)23-9-7-21(8-10-23)15-22-5-4-6-25(16-22)37-3/h4-10,13-14,16-17,27-29,31-33,37-38,40H,11-12,15,18-20H2,1-3H3/t27-,28?,29-,31+,32?,33+,34-,35-,36+/m0/s1. The topological polar surface area (TPSA) is 105 Å². The van der Waals surface area contributed by atoms with Crippen LogP contribution in [0.15, 0.2) is 72.3 Å². The summed E-state index contributed by atoms with van der Waals surface area (Å²) in [5, 5.41) is 25.2. The zero-order chi connectivity index (χ0) is 30.1. The summed E-state index contributed by atoms with van der Waals surface area (Å²) in [5.74, 6) is -0.223. The van der Waals surface area contributed by atoms with Crippen molar-refractivity contribution in [2.75, 3.05) is 19.0 Å². The highest BCUT2D eigenvalue weighted by Crippen LogP contribution is 2.70. The van der Waals surface area contributed by atoms with Crippen molar-refractivity contribution in [2.45, 2.75) is 70.1 Å². The van der Waals surface area contributed by atoms with Crippen LogP contribution in [0.2, 0.25) is 0 Å².